The zero-order chi connectivity index (χ0) is 18.5. The molecule has 0 bridgehead atoms. The van der Waals surface area contributed by atoms with Gasteiger partial charge in [0.1, 0.15) is 0 Å². The maximum absolute atomic E-state index is 13.0. The summed E-state index contributed by atoms with van der Waals surface area (Å²) >= 11 is 6.27. The molecule has 0 spiro atoms. The molecule has 3 unspecified atom stereocenters. The monoisotopic (exact) mass is 369 g/mol. The van der Waals surface area contributed by atoms with Crippen LogP contribution < -0.4 is 5.32 Å². The van der Waals surface area contributed by atoms with Crippen LogP contribution in [0.5, 0.6) is 0 Å². The smallest absolute Gasteiger partial charge is 0.322 e. The number of amides is 1. The molecule has 0 radical (unpaired) electrons. The Bertz CT molecular complexity index is 897. The highest BCUT2D eigenvalue weighted by Gasteiger charge is 2.81. The van der Waals surface area contributed by atoms with Crippen molar-refractivity contribution >= 4 is 29.2 Å². The zero-order valence-electron chi connectivity index (χ0n) is 14.7. The molecule has 1 N–H and O–H groups in total. The third-order valence-electron chi connectivity index (χ3n) is 5.94. The summed E-state index contributed by atoms with van der Waals surface area (Å²) in [5.41, 5.74) is 0.868. The van der Waals surface area contributed by atoms with E-state index in [1.165, 1.54) is 0 Å². The summed E-state index contributed by atoms with van der Waals surface area (Å²) in [5.74, 6) is -0.782. The summed E-state index contributed by atoms with van der Waals surface area (Å²) in [4.78, 5) is 25.9. The molecule has 1 heterocycles. The largest absolute Gasteiger partial charge is 0.465 e. The van der Waals surface area contributed by atoms with Gasteiger partial charge in [-0.15, -0.1) is 0 Å². The van der Waals surface area contributed by atoms with E-state index in [1.807, 2.05) is 42.5 Å². The zero-order valence-corrected chi connectivity index (χ0v) is 15.5. The first-order chi connectivity index (χ1) is 12.5. The molecule has 1 saturated carbocycles. The second-order valence-electron chi connectivity index (χ2n) is 7.05. The third kappa shape index (κ3) is 2.08. The quantitative estimate of drug-likeness (QED) is 0.646. The lowest BCUT2D eigenvalue weighted by atomic mass is 9.71. The highest BCUT2D eigenvalue weighted by Crippen LogP contribution is 2.74. The van der Waals surface area contributed by atoms with Crippen molar-refractivity contribution in [1.29, 1.82) is 0 Å². The van der Waals surface area contributed by atoms with E-state index in [4.69, 9.17) is 16.3 Å². The molecule has 5 heteroatoms. The number of anilines is 1. The molecule has 0 aromatic heterocycles. The van der Waals surface area contributed by atoms with Gasteiger partial charge in [-0.3, -0.25) is 9.59 Å². The molecule has 1 amide bonds. The number of nitrogens with one attached hydrogen (secondary N) is 1. The Morgan fingerprint density at radius 2 is 2.00 bits per heavy atom. The normalized spacial score (nSPS) is 27.0. The van der Waals surface area contributed by atoms with Crippen LogP contribution in [0.1, 0.15) is 37.3 Å². The van der Waals surface area contributed by atoms with E-state index >= 15 is 0 Å². The van der Waals surface area contributed by atoms with Crippen molar-refractivity contribution in [1.82, 2.24) is 0 Å². The number of hydrogen-bond acceptors (Lipinski definition) is 3. The molecule has 2 aromatic rings. The van der Waals surface area contributed by atoms with Gasteiger partial charge < -0.3 is 10.1 Å². The van der Waals surface area contributed by atoms with Crippen LogP contribution in [0.25, 0.3) is 0 Å². The summed E-state index contributed by atoms with van der Waals surface area (Å²) in [6.45, 7) is 4.07. The summed E-state index contributed by atoms with van der Waals surface area (Å²) < 4.78 is 5.32. The Hall–Kier alpha value is -2.33. The molecule has 1 fully saturated rings. The molecule has 1 aliphatic carbocycles. The minimum absolute atomic E-state index is 0.0450. The molecule has 4 nitrogen and oxygen atoms in total. The second kappa shape index (κ2) is 5.85. The van der Waals surface area contributed by atoms with Crippen LogP contribution in [0.2, 0.25) is 5.02 Å². The van der Waals surface area contributed by atoms with Crippen LogP contribution in [-0.2, 0) is 19.7 Å². The first kappa shape index (κ1) is 17.1. The number of rotatable bonds is 4. The predicted octanol–water partition coefficient (Wildman–Crippen LogP) is 4.29. The average Bonchev–Trinajstić information content (AvgIpc) is 3.37. The topological polar surface area (TPSA) is 55.4 Å². The number of fused-ring (bicyclic) bond motifs is 3. The number of carbonyl (C=O) groups excluding carboxylic acids is 2. The van der Waals surface area contributed by atoms with E-state index in [9.17, 15) is 9.59 Å². The van der Waals surface area contributed by atoms with Gasteiger partial charge in [0.25, 0.3) is 0 Å². The van der Waals surface area contributed by atoms with Crippen LogP contribution in [-0.4, -0.2) is 18.5 Å². The third-order valence-corrected chi connectivity index (χ3v) is 6.18. The lowest BCUT2D eigenvalue weighted by Crippen LogP contribution is -2.44. The lowest BCUT2D eigenvalue weighted by molar-refractivity contribution is -0.154. The van der Waals surface area contributed by atoms with Crippen LogP contribution in [0.15, 0.2) is 48.5 Å². The Balaban J connectivity index is 1.93. The van der Waals surface area contributed by atoms with Crippen molar-refractivity contribution in [2.24, 2.45) is 5.41 Å². The fraction of sp³-hybridized carbons (Fsp3) is 0.333. The molecule has 4 rings (SSSR count). The van der Waals surface area contributed by atoms with Gasteiger partial charge in [-0.05, 0) is 48.6 Å². The van der Waals surface area contributed by atoms with Gasteiger partial charge >= 0.3 is 5.97 Å². The minimum Gasteiger partial charge on any atom is -0.465 e. The summed E-state index contributed by atoms with van der Waals surface area (Å²) in [5, 5.41) is 3.48. The van der Waals surface area contributed by atoms with Crippen molar-refractivity contribution in [3.05, 3.63) is 64.7 Å². The van der Waals surface area contributed by atoms with Gasteiger partial charge in [-0.2, -0.15) is 0 Å². The SMILES string of the molecule is CCOC(=O)C12CC1(C(C)c1ccccc1)c1cc(Cl)ccc1NC2=O. The highest BCUT2D eigenvalue weighted by molar-refractivity contribution is 6.31. The Kier molecular flexibility index (Phi) is 3.85. The van der Waals surface area contributed by atoms with E-state index < -0.39 is 16.8 Å². The first-order valence-corrected chi connectivity index (χ1v) is 9.19. The van der Waals surface area contributed by atoms with Crippen molar-refractivity contribution in [2.45, 2.75) is 31.6 Å². The molecule has 2 aliphatic rings. The van der Waals surface area contributed by atoms with Crippen molar-refractivity contribution < 1.29 is 14.3 Å². The Morgan fingerprint density at radius 1 is 1.27 bits per heavy atom. The van der Waals surface area contributed by atoms with Gasteiger partial charge in [-0.1, -0.05) is 48.9 Å². The maximum Gasteiger partial charge on any atom is 0.322 e. The highest BCUT2D eigenvalue weighted by atomic mass is 35.5. The molecule has 3 atom stereocenters. The molecule has 0 saturated heterocycles. The van der Waals surface area contributed by atoms with Gasteiger partial charge in [-0.25, -0.2) is 0 Å². The number of benzene rings is 2. The van der Waals surface area contributed by atoms with Crippen LogP contribution in [0, 0.1) is 5.41 Å². The second-order valence-corrected chi connectivity index (χ2v) is 7.49. The maximum atomic E-state index is 13.0. The van der Waals surface area contributed by atoms with Gasteiger partial charge in [0.05, 0.1) is 6.61 Å². The summed E-state index contributed by atoms with van der Waals surface area (Å²) in [6, 6.07) is 15.4. The van der Waals surface area contributed by atoms with Gasteiger partial charge in [0, 0.05) is 16.1 Å². The van der Waals surface area contributed by atoms with Crippen molar-refractivity contribution in [2.75, 3.05) is 11.9 Å². The fourth-order valence-electron chi connectivity index (χ4n) is 4.59. The Labute approximate surface area is 157 Å². The number of halogens is 1. The molecule has 26 heavy (non-hydrogen) atoms. The van der Waals surface area contributed by atoms with E-state index in [0.717, 1.165) is 16.8 Å². The van der Waals surface area contributed by atoms with E-state index in [0.29, 0.717) is 11.4 Å². The minimum atomic E-state index is -1.20. The van der Waals surface area contributed by atoms with Crippen LogP contribution in [0.3, 0.4) is 0 Å². The molecule has 1 aliphatic heterocycles. The molecular formula is C21H20ClNO3. The molecule has 2 aromatic carbocycles. The first-order valence-electron chi connectivity index (χ1n) is 8.81. The van der Waals surface area contributed by atoms with Gasteiger partial charge in [0.2, 0.25) is 5.91 Å². The standard InChI is InChI=1S/C21H20ClNO3/c1-3-26-19(25)21-12-20(21,13(2)14-7-5-4-6-8-14)16-11-15(22)9-10-17(16)23-18(21)24/h4-11,13H,3,12H2,1-2H3,(H,23,24). The number of hydrogen-bond donors (Lipinski definition) is 1. The number of esters is 1. The van der Waals surface area contributed by atoms with E-state index in [-0.39, 0.29) is 18.4 Å². The molecule has 134 valence electrons. The van der Waals surface area contributed by atoms with E-state index in [1.54, 1.807) is 13.0 Å². The predicted molar refractivity (Wildman–Crippen MR) is 100 cm³/mol. The lowest BCUT2D eigenvalue weighted by Gasteiger charge is -2.35. The number of carbonyl (C=O) groups is 2. The molecular weight excluding hydrogens is 350 g/mol. The van der Waals surface area contributed by atoms with Gasteiger partial charge in [0.15, 0.2) is 5.41 Å². The fourth-order valence-corrected chi connectivity index (χ4v) is 4.76. The number of ether oxygens (including phenoxy) is 1. The van der Waals surface area contributed by atoms with Crippen LogP contribution >= 0.6 is 11.6 Å². The summed E-state index contributed by atoms with van der Waals surface area (Å²) in [7, 11) is 0. The van der Waals surface area contributed by atoms with Crippen molar-refractivity contribution in [3.63, 3.8) is 0 Å². The van der Waals surface area contributed by atoms with E-state index in [2.05, 4.69) is 12.2 Å². The Morgan fingerprint density at radius 3 is 2.69 bits per heavy atom. The van der Waals surface area contributed by atoms with Crippen molar-refractivity contribution in [3.8, 4) is 0 Å². The van der Waals surface area contributed by atoms with Crippen LogP contribution in [0.4, 0.5) is 5.69 Å². The summed E-state index contributed by atoms with van der Waals surface area (Å²) in [6.07, 6.45) is 0.425. The average molecular weight is 370 g/mol.